The van der Waals surface area contributed by atoms with E-state index in [9.17, 15) is 0 Å². The Morgan fingerprint density at radius 3 is 2.50 bits per heavy atom. The number of halogens is 1. The minimum atomic E-state index is 0.804. The Bertz CT molecular complexity index is 581. The summed E-state index contributed by atoms with van der Waals surface area (Å²) in [6.07, 6.45) is 0. The summed E-state index contributed by atoms with van der Waals surface area (Å²) in [5, 5.41) is 4.17. The summed E-state index contributed by atoms with van der Waals surface area (Å²) in [7, 11) is 0. The third kappa shape index (κ3) is 4.30. The van der Waals surface area contributed by atoms with Crippen molar-refractivity contribution in [3.05, 3.63) is 45.7 Å². The molecule has 1 N–H and O–H groups in total. The van der Waals surface area contributed by atoms with E-state index in [1.54, 1.807) is 11.8 Å². The molecule has 0 spiro atoms. The van der Waals surface area contributed by atoms with Gasteiger partial charge in [-0.3, -0.25) is 0 Å². The van der Waals surface area contributed by atoms with Crippen LogP contribution in [0.3, 0.4) is 0 Å². The molecule has 1 aromatic heterocycles. The fraction of sp³-hybridized carbons (Fsp3) is 0.333. The fourth-order valence-corrected chi connectivity index (χ4v) is 3.41. The van der Waals surface area contributed by atoms with Gasteiger partial charge in [0.05, 0.1) is 0 Å². The summed E-state index contributed by atoms with van der Waals surface area (Å²) < 4.78 is 1.07. The lowest BCUT2D eigenvalue weighted by Gasteiger charge is -2.10. The predicted molar refractivity (Wildman–Crippen MR) is 87.2 cm³/mol. The largest absolute Gasteiger partial charge is 0.313 e. The number of aryl methyl sites for hydroxylation is 2. The highest BCUT2D eigenvalue weighted by molar-refractivity contribution is 9.10. The maximum Gasteiger partial charge on any atom is 0.192 e. The second kappa shape index (κ2) is 7.20. The maximum absolute atomic E-state index is 4.50. The van der Waals surface area contributed by atoms with Crippen LogP contribution in [0.4, 0.5) is 0 Å². The molecule has 0 atom stereocenters. The molecule has 1 heterocycles. The molecule has 0 radical (unpaired) electrons. The van der Waals surface area contributed by atoms with E-state index in [2.05, 4.69) is 56.3 Å². The van der Waals surface area contributed by atoms with Crippen LogP contribution in [0.2, 0.25) is 0 Å². The summed E-state index contributed by atoms with van der Waals surface area (Å²) >= 11 is 5.15. The van der Waals surface area contributed by atoms with Crippen LogP contribution in [0.5, 0.6) is 0 Å². The standard InChI is InChI=1S/C15H18BrN3S/c1-4-17-9-12-5-6-13(16)8-14(12)20-15-18-10(2)7-11(3)19-15/h5-8,17H,4,9H2,1-3H3. The van der Waals surface area contributed by atoms with Crippen LogP contribution in [0, 0.1) is 13.8 Å². The maximum atomic E-state index is 4.50. The van der Waals surface area contributed by atoms with E-state index < -0.39 is 0 Å². The molecule has 0 saturated heterocycles. The molecule has 2 rings (SSSR count). The molecule has 0 saturated carbocycles. The minimum Gasteiger partial charge on any atom is -0.313 e. The van der Waals surface area contributed by atoms with Gasteiger partial charge in [-0.25, -0.2) is 9.97 Å². The van der Waals surface area contributed by atoms with Crippen molar-refractivity contribution in [1.29, 1.82) is 0 Å². The van der Waals surface area contributed by atoms with Crippen molar-refractivity contribution in [3.63, 3.8) is 0 Å². The van der Waals surface area contributed by atoms with E-state index >= 15 is 0 Å². The molecule has 0 aliphatic heterocycles. The first-order valence-electron chi connectivity index (χ1n) is 6.57. The minimum absolute atomic E-state index is 0.804. The Kier molecular flexibility index (Phi) is 5.57. The fourth-order valence-electron chi connectivity index (χ4n) is 1.87. The zero-order valence-corrected chi connectivity index (χ0v) is 14.3. The van der Waals surface area contributed by atoms with Crippen molar-refractivity contribution in [2.24, 2.45) is 0 Å². The average Bonchev–Trinajstić information content (AvgIpc) is 2.36. The van der Waals surface area contributed by atoms with Gasteiger partial charge < -0.3 is 5.32 Å². The number of rotatable bonds is 5. The number of nitrogens with zero attached hydrogens (tertiary/aromatic N) is 2. The highest BCUT2D eigenvalue weighted by atomic mass is 79.9. The average molecular weight is 352 g/mol. The van der Waals surface area contributed by atoms with Crippen molar-refractivity contribution >= 4 is 27.7 Å². The van der Waals surface area contributed by atoms with Crippen LogP contribution in [0.15, 0.2) is 38.8 Å². The highest BCUT2D eigenvalue weighted by Crippen LogP contribution is 2.31. The summed E-state index contributed by atoms with van der Waals surface area (Å²) in [6.45, 7) is 7.92. The zero-order chi connectivity index (χ0) is 14.5. The second-order valence-electron chi connectivity index (χ2n) is 4.57. The number of nitrogens with one attached hydrogen (secondary N) is 1. The van der Waals surface area contributed by atoms with Gasteiger partial charge in [-0.15, -0.1) is 0 Å². The lowest BCUT2D eigenvalue weighted by Crippen LogP contribution is -2.12. The van der Waals surface area contributed by atoms with Gasteiger partial charge in [0.2, 0.25) is 0 Å². The Labute approximate surface area is 132 Å². The molecule has 0 fully saturated rings. The number of aromatic nitrogens is 2. The molecule has 0 aliphatic rings. The van der Waals surface area contributed by atoms with Crippen LogP contribution in [-0.2, 0) is 6.54 Å². The summed E-state index contributed by atoms with van der Waals surface area (Å²) in [4.78, 5) is 10.2. The SMILES string of the molecule is CCNCc1ccc(Br)cc1Sc1nc(C)cc(C)n1. The van der Waals surface area contributed by atoms with Crippen LogP contribution in [0.25, 0.3) is 0 Å². The molecule has 5 heteroatoms. The lowest BCUT2D eigenvalue weighted by atomic mass is 10.2. The molecule has 0 aliphatic carbocycles. The first-order valence-corrected chi connectivity index (χ1v) is 8.18. The van der Waals surface area contributed by atoms with E-state index in [1.165, 1.54) is 10.5 Å². The van der Waals surface area contributed by atoms with E-state index in [0.717, 1.165) is 34.1 Å². The molecule has 0 unspecified atom stereocenters. The van der Waals surface area contributed by atoms with Gasteiger partial charge in [-0.05, 0) is 55.9 Å². The zero-order valence-electron chi connectivity index (χ0n) is 11.9. The van der Waals surface area contributed by atoms with E-state index in [4.69, 9.17) is 0 Å². The summed E-state index contributed by atoms with van der Waals surface area (Å²) in [5.41, 5.74) is 3.27. The first-order chi connectivity index (χ1) is 9.58. The topological polar surface area (TPSA) is 37.8 Å². The van der Waals surface area contributed by atoms with E-state index in [-0.39, 0.29) is 0 Å². The predicted octanol–water partition coefficient (Wildman–Crippen LogP) is 4.12. The lowest BCUT2D eigenvalue weighted by molar-refractivity contribution is 0.717. The van der Waals surface area contributed by atoms with Gasteiger partial charge in [0.25, 0.3) is 0 Å². The summed E-state index contributed by atoms with van der Waals surface area (Å²) in [5.74, 6) is 0. The van der Waals surface area contributed by atoms with Crippen molar-refractivity contribution in [2.45, 2.75) is 37.4 Å². The van der Waals surface area contributed by atoms with Gasteiger partial charge >= 0.3 is 0 Å². The first kappa shape index (κ1) is 15.5. The van der Waals surface area contributed by atoms with Gasteiger partial charge in [0.1, 0.15) is 0 Å². The molecule has 106 valence electrons. The van der Waals surface area contributed by atoms with Crippen molar-refractivity contribution < 1.29 is 0 Å². The Hall–Kier alpha value is -0.910. The number of hydrogen-bond acceptors (Lipinski definition) is 4. The third-order valence-corrected chi connectivity index (χ3v) is 4.22. The van der Waals surface area contributed by atoms with Gasteiger partial charge in [0.15, 0.2) is 5.16 Å². The second-order valence-corrected chi connectivity index (χ2v) is 6.49. The quantitative estimate of drug-likeness (QED) is 0.822. The Balaban J connectivity index is 2.28. The van der Waals surface area contributed by atoms with Gasteiger partial charge in [-0.2, -0.15) is 0 Å². The van der Waals surface area contributed by atoms with Crippen molar-refractivity contribution in [1.82, 2.24) is 15.3 Å². The molecule has 2 aromatic rings. The molecular weight excluding hydrogens is 334 g/mol. The van der Waals surface area contributed by atoms with Crippen LogP contribution >= 0.6 is 27.7 Å². The Morgan fingerprint density at radius 1 is 1.15 bits per heavy atom. The third-order valence-electron chi connectivity index (χ3n) is 2.76. The summed E-state index contributed by atoms with van der Waals surface area (Å²) in [6, 6.07) is 8.32. The number of hydrogen-bond donors (Lipinski definition) is 1. The Morgan fingerprint density at radius 2 is 1.85 bits per heavy atom. The molecular formula is C15H18BrN3S. The van der Waals surface area contributed by atoms with Gasteiger partial charge in [-0.1, -0.05) is 28.9 Å². The smallest absolute Gasteiger partial charge is 0.192 e. The van der Waals surface area contributed by atoms with Crippen molar-refractivity contribution in [2.75, 3.05) is 6.54 Å². The number of benzene rings is 1. The molecule has 0 bridgehead atoms. The molecule has 0 amide bonds. The normalized spacial score (nSPS) is 10.8. The van der Waals surface area contributed by atoms with Crippen molar-refractivity contribution in [3.8, 4) is 0 Å². The monoisotopic (exact) mass is 351 g/mol. The van der Waals surface area contributed by atoms with Crippen LogP contribution in [0.1, 0.15) is 23.9 Å². The van der Waals surface area contributed by atoms with Crippen LogP contribution < -0.4 is 5.32 Å². The highest BCUT2D eigenvalue weighted by Gasteiger charge is 2.08. The van der Waals surface area contributed by atoms with Gasteiger partial charge in [0, 0.05) is 27.3 Å². The molecule has 1 aromatic carbocycles. The van der Waals surface area contributed by atoms with E-state index in [0.29, 0.717) is 0 Å². The van der Waals surface area contributed by atoms with E-state index in [1.807, 2.05) is 19.9 Å². The van der Waals surface area contributed by atoms with Crippen LogP contribution in [-0.4, -0.2) is 16.5 Å². The molecule has 3 nitrogen and oxygen atoms in total. The molecule has 20 heavy (non-hydrogen) atoms.